The maximum atomic E-state index is 7.34. The zero-order valence-corrected chi connectivity index (χ0v) is 11.2. The standard InChI is InChI=1S/C14H15N3O.ClH/c15-14(16)12-6-8-17-13(10-12)18-9-7-11-4-2-1-3-5-11;/h1-6,8,10H,7,9H2,(H3,15,16);1H. The number of amidine groups is 1. The molecule has 0 spiro atoms. The van der Waals surface area contributed by atoms with Gasteiger partial charge in [-0.25, -0.2) is 4.98 Å². The van der Waals surface area contributed by atoms with Crippen molar-refractivity contribution in [3.05, 3.63) is 59.8 Å². The van der Waals surface area contributed by atoms with E-state index in [2.05, 4.69) is 17.1 Å². The number of halogens is 1. The molecule has 4 nitrogen and oxygen atoms in total. The van der Waals surface area contributed by atoms with Gasteiger partial charge in [-0.1, -0.05) is 30.3 Å². The molecule has 0 aliphatic heterocycles. The number of aromatic nitrogens is 1. The second kappa shape index (κ2) is 7.38. The van der Waals surface area contributed by atoms with Crippen LogP contribution in [0.5, 0.6) is 5.88 Å². The SMILES string of the molecule is Cl.N=C(N)c1ccnc(OCCc2ccccc2)c1. The lowest BCUT2D eigenvalue weighted by Gasteiger charge is -2.06. The first kappa shape index (κ1) is 15.0. The van der Waals surface area contributed by atoms with Crippen molar-refractivity contribution >= 4 is 18.2 Å². The van der Waals surface area contributed by atoms with Crippen molar-refractivity contribution < 1.29 is 4.74 Å². The lowest BCUT2D eigenvalue weighted by molar-refractivity contribution is 0.309. The van der Waals surface area contributed by atoms with E-state index in [-0.39, 0.29) is 18.2 Å². The third kappa shape index (κ3) is 4.60. The van der Waals surface area contributed by atoms with E-state index in [4.69, 9.17) is 15.9 Å². The molecule has 1 aromatic heterocycles. The van der Waals surface area contributed by atoms with Crippen LogP contribution in [0.3, 0.4) is 0 Å². The summed E-state index contributed by atoms with van der Waals surface area (Å²) in [5.41, 5.74) is 7.25. The predicted octanol–water partition coefficient (Wildman–Crippen LogP) is 2.41. The third-order valence-electron chi connectivity index (χ3n) is 2.53. The van der Waals surface area contributed by atoms with Crippen LogP contribution in [-0.4, -0.2) is 17.4 Å². The molecule has 0 aliphatic rings. The summed E-state index contributed by atoms with van der Waals surface area (Å²) in [6.45, 7) is 0.554. The Morgan fingerprint density at radius 3 is 2.63 bits per heavy atom. The molecule has 2 rings (SSSR count). The number of nitrogens with one attached hydrogen (secondary N) is 1. The number of rotatable bonds is 5. The van der Waals surface area contributed by atoms with E-state index in [0.29, 0.717) is 18.1 Å². The van der Waals surface area contributed by atoms with Crippen molar-refractivity contribution in [1.82, 2.24) is 4.98 Å². The van der Waals surface area contributed by atoms with E-state index in [1.807, 2.05) is 18.2 Å². The fourth-order valence-corrected chi connectivity index (χ4v) is 1.57. The summed E-state index contributed by atoms with van der Waals surface area (Å²) in [7, 11) is 0. The highest BCUT2D eigenvalue weighted by Gasteiger charge is 2.00. The van der Waals surface area contributed by atoms with Gasteiger partial charge in [0.05, 0.1) is 6.61 Å². The Morgan fingerprint density at radius 2 is 1.95 bits per heavy atom. The maximum Gasteiger partial charge on any atom is 0.213 e. The molecule has 100 valence electrons. The van der Waals surface area contributed by atoms with Crippen LogP contribution in [0.2, 0.25) is 0 Å². The molecular formula is C14H16ClN3O. The molecule has 2 aromatic rings. The Balaban J connectivity index is 0.00000180. The number of ether oxygens (including phenoxy) is 1. The van der Waals surface area contributed by atoms with Crippen molar-refractivity contribution in [1.29, 1.82) is 5.41 Å². The molecule has 1 aromatic carbocycles. The molecule has 0 unspecified atom stereocenters. The molecule has 0 aliphatic carbocycles. The summed E-state index contributed by atoms with van der Waals surface area (Å²) in [6.07, 6.45) is 2.42. The second-order valence-corrected chi connectivity index (χ2v) is 3.88. The Bertz CT molecular complexity index is 531. The zero-order valence-electron chi connectivity index (χ0n) is 10.4. The largest absolute Gasteiger partial charge is 0.477 e. The van der Waals surface area contributed by atoms with Gasteiger partial charge in [0, 0.05) is 24.2 Å². The smallest absolute Gasteiger partial charge is 0.213 e. The fourth-order valence-electron chi connectivity index (χ4n) is 1.57. The van der Waals surface area contributed by atoms with Crippen molar-refractivity contribution in [2.75, 3.05) is 6.61 Å². The summed E-state index contributed by atoms with van der Waals surface area (Å²) in [5, 5.41) is 7.34. The van der Waals surface area contributed by atoms with Crippen molar-refractivity contribution in [2.45, 2.75) is 6.42 Å². The molecule has 0 amide bonds. The molecular weight excluding hydrogens is 262 g/mol. The van der Waals surface area contributed by atoms with Gasteiger partial charge in [0.2, 0.25) is 5.88 Å². The number of nitrogen functional groups attached to an aromatic ring is 1. The number of nitrogens with two attached hydrogens (primary N) is 1. The average Bonchev–Trinajstić information content (AvgIpc) is 2.40. The Kier molecular flexibility index (Phi) is 5.82. The Hall–Kier alpha value is -2.07. The highest BCUT2D eigenvalue weighted by Crippen LogP contribution is 2.09. The van der Waals surface area contributed by atoms with Crippen molar-refractivity contribution in [3.63, 3.8) is 0 Å². The number of pyridine rings is 1. The topological polar surface area (TPSA) is 72.0 Å². The predicted molar refractivity (Wildman–Crippen MR) is 78.1 cm³/mol. The fraction of sp³-hybridized carbons (Fsp3) is 0.143. The van der Waals surface area contributed by atoms with Crippen molar-refractivity contribution in [2.24, 2.45) is 5.73 Å². The normalized spacial score (nSPS) is 9.47. The van der Waals surface area contributed by atoms with Gasteiger partial charge in [-0.2, -0.15) is 0 Å². The van der Waals surface area contributed by atoms with E-state index >= 15 is 0 Å². The van der Waals surface area contributed by atoms with E-state index in [0.717, 1.165) is 6.42 Å². The molecule has 3 N–H and O–H groups in total. The first-order chi connectivity index (χ1) is 8.75. The minimum absolute atomic E-state index is 0. The van der Waals surface area contributed by atoms with Crippen LogP contribution >= 0.6 is 12.4 Å². The summed E-state index contributed by atoms with van der Waals surface area (Å²) < 4.78 is 5.54. The Morgan fingerprint density at radius 1 is 1.21 bits per heavy atom. The van der Waals surface area contributed by atoms with Gasteiger partial charge in [-0.05, 0) is 11.6 Å². The first-order valence-electron chi connectivity index (χ1n) is 5.73. The number of hydrogen-bond acceptors (Lipinski definition) is 3. The lowest BCUT2D eigenvalue weighted by Crippen LogP contribution is -2.11. The molecule has 0 bridgehead atoms. The van der Waals surface area contributed by atoms with Crippen LogP contribution < -0.4 is 10.5 Å². The maximum absolute atomic E-state index is 7.34. The second-order valence-electron chi connectivity index (χ2n) is 3.88. The summed E-state index contributed by atoms with van der Waals surface area (Å²) in [4.78, 5) is 4.08. The number of benzene rings is 1. The molecule has 0 atom stereocenters. The summed E-state index contributed by atoms with van der Waals surface area (Å²) >= 11 is 0. The molecule has 1 heterocycles. The lowest BCUT2D eigenvalue weighted by atomic mass is 10.2. The summed E-state index contributed by atoms with van der Waals surface area (Å²) in [5.74, 6) is 0.518. The first-order valence-corrected chi connectivity index (χ1v) is 5.73. The molecule has 5 heteroatoms. The van der Waals surface area contributed by atoms with Gasteiger partial charge in [0.1, 0.15) is 5.84 Å². The van der Waals surface area contributed by atoms with Gasteiger partial charge in [-0.3, -0.25) is 5.41 Å². The Labute approximate surface area is 118 Å². The number of hydrogen-bond donors (Lipinski definition) is 2. The van der Waals surface area contributed by atoms with Crippen LogP contribution in [0.15, 0.2) is 48.7 Å². The summed E-state index contributed by atoms with van der Waals surface area (Å²) in [6, 6.07) is 13.5. The van der Waals surface area contributed by atoms with Crippen LogP contribution in [0.25, 0.3) is 0 Å². The van der Waals surface area contributed by atoms with Gasteiger partial charge in [-0.15, -0.1) is 12.4 Å². The molecule has 0 saturated carbocycles. The van der Waals surface area contributed by atoms with Gasteiger partial charge in [0.25, 0.3) is 0 Å². The van der Waals surface area contributed by atoms with E-state index in [1.54, 1.807) is 18.3 Å². The molecule has 0 radical (unpaired) electrons. The van der Waals surface area contributed by atoms with Gasteiger partial charge in [0.15, 0.2) is 0 Å². The molecule has 0 saturated heterocycles. The van der Waals surface area contributed by atoms with E-state index in [9.17, 15) is 0 Å². The van der Waals surface area contributed by atoms with Crippen LogP contribution in [-0.2, 0) is 6.42 Å². The highest BCUT2D eigenvalue weighted by molar-refractivity contribution is 5.95. The van der Waals surface area contributed by atoms with Crippen molar-refractivity contribution in [3.8, 4) is 5.88 Å². The number of nitrogens with zero attached hydrogens (tertiary/aromatic N) is 1. The minimum Gasteiger partial charge on any atom is -0.477 e. The highest BCUT2D eigenvalue weighted by atomic mass is 35.5. The monoisotopic (exact) mass is 277 g/mol. The average molecular weight is 278 g/mol. The van der Waals surface area contributed by atoms with Gasteiger partial charge < -0.3 is 10.5 Å². The molecule has 19 heavy (non-hydrogen) atoms. The van der Waals surface area contributed by atoms with E-state index in [1.165, 1.54) is 5.56 Å². The van der Waals surface area contributed by atoms with Crippen LogP contribution in [0, 0.1) is 5.41 Å². The van der Waals surface area contributed by atoms with Gasteiger partial charge >= 0.3 is 0 Å². The van der Waals surface area contributed by atoms with Crippen LogP contribution in [0.1, 0.15) is 11.1 Å². The zero-order chi connectivity index (χ0) is 12.8. The minimum atomic E-state index is 0. The quantitative estimate of drug-likeness (QED) is 0.651. The third-order valence-corrected chi connectivity index (χ3v) is 2.53. The molecule has 0 fully saturated rings. The van der Waals surface area contributed by atoms with E-state index < -0.39 is 0 Å². The van der Waals surface area contributed by atoms with Crippen LogP contribution in [0.4, 0.5) is 0 Å².